The van der Waals surface area contributed by atoms with Crippen molar-refractivity contribution in [2.45, 2.75) is 6.61 Å². The van der Waals surface area contributed by atoms with Gasteiger partial charge in [-0.25, -0.2) is 9.59 Å². The van der Waals surface area contributed by atoms with Crippen molar-refractivity contribution in [3.8, 4) is 0 Å². The maximum atomic E-state index is 12.3. The molecule has 0 unspecified atom stereocenters. The highest BCUT2D eigenvalue weighted by molar-refractivity contribution is 5.95. The third kappa shape index (κ3) is 3.72. The number of carbonyl (C=O) groups excluding carboxylic acids is 1. The summed E-state index contributed by atoms with van der Waals surface area (Å²) in [6, 6.07) is 7.98. The lowest BCUT2D eigenvalue weighted by Crippen LogP contribution is -2.38. The number of aliphatic hydroxyl groups excluding tert-OH is 1. The predicted octanol–water partition coefficient (Wildman–Crippen LogP) is -0.155. The van der Waals surface area contributed by atoms with E-state index in [-0.39, 0.29) is 13.2 Å². The zero-order valence-corrected chi connectivity index (χ0v) is 13.5. The first-order valence-electron chi connectivity index (χ1n) is 7.32. The van der Waals surface area contributed by atoms with Crippen molar-refractivity contribution in [2.75, 3.05) is 18.5 Å². The quantitative estimate of drug-likeness (QED) is 0.713. The van der Waals surface area contributed by atoms with Crippen molar-refractivity contribution < 1.29 is 14.6 Å². The van der Waals surface area contributed by atoms with E-state index in [1.807, 2.05) is 0 Å². The standard InChI is InChI=1S/C16H19N3O5/c1-18-11(9-14(21)19(2)16(18)23)10-24-15(22)12-5-3-4-6-13(12)17-7-8-20/h3-6,9,17,20H,7-8,10H2,1-2H3. The van der Waals surface area contributed by atoms with Crippen molar-refractivity contribution in [3.63, 3.8) is 0 Å². The Balaban J connectivity index is 2.18. The average Bonchev–Trinajstić information content (AvgIpc) is 2.60. The molecule has 0 saturated heterocycles. The van der Waals surface area contributed by atoms with Crippen LogP contribution in [0.25, 0.3) is 0 Å². The van der Waals surface area contributed by atoms with E-state index >= 15 is 0 Å². The van der Waals surface area contributed by atoms with Crippen LogP contribution in [-0.2, 0) is 25.4 Å². The number of nitrogens with zero attached hydrogens (tertiary/aromatic N) is 2. The highest BCUT2D eigenvalue weighted by Crippen LogP contribution is 2.16. The van der Waals surface area contributed by atoms with E-state index in [4.69, 9.17) is 9.84 Å². The molecule has 2 rings (SSSR count). The molecule has 1 heterocycles. The van der Waals surface area contributed by atoms with Crippen molar-refractivity contribution in [2.24, 2.45) is 14.1 Å². The molecule has 128 valence electrons. The van der Waals surface area contributed by atoms with Gasteiger partial charge in [-0.15, -0.1) is 0 Å². The number of anilines is 1. The first-order valence-corrected chi connectivity index (χ1v) is 7.32. The Hall–Kier alpha value is -2.87. The zero-order chi connectivity index (χ0) is 17.7. The van der Waals surface area contributed by atoms with Gasteiger partial charge in [-0.3, -0.25) is 13.9 Å². The molecule has 1 aromatic carbocycles. The van der Waals surface area contributed by atoms with Crippen LogP contribution in [-0.4, -0.2) is 33.4 Å². The number of hydrogen-bond donors (Lipinski definition) is 2. The number of para-hydroxylation sites is 1. The third-order valence-electron chi connectivity index (χ3n) is 3.55. The minimum atomic E-state index is -0.593. The lowest BCUT2D eigenvalue weighted by Gasteiger charge is -2.12. The average molecular weight is 333 g/mol. The summed E-state index contributed by atoms with van der Waals surface area (Å²) in [6.45, 7) is 0.0291. The van der Waals surface area contributed by atoms with Crippen molar-refractivity contribution in [3.05, 3.63) is 62.4 Å². The van der Waals surface area contributed by atoms with Crippen LogP contribution in [0.5, 0.6) is 0 Å². The summed E-state index contributed by atoms with van der Waals surface area (Å²) in [5, 5.41) is 11.8. The molecule has 0 atom stereocenters. The lowest BCUT2D eigenvalue weighted by molar-refractivity contribution is 0.0463. The first kappa shape index (κ1) is 17.5. The normalized spacial score (nSPS) is 10.5. The number of aliphatic hydroxyl groups is 1. The Morgan fingerprint density at radius 2 is 1.92 bits per heavy atom. The second-order valence-electron chi connectivity index (χ2n) is 5.15. The van der Waals surface area contributed by atoms with Crippen LogP contribution in [0.2, 0.25) is 0 Å². The number of benzene rings is 1. The van der Waals surface area contributed by atoms with E-state index in [2.05, 4.69) is 5.32 Å². The van der Waals surface area contributed by atoms with Crippen LogP contribution >= 0.6 is 0 Å². The third-order valence-corrected chi connectivity index (χ3v) is 3.55. The van der Waals surface area contributed by atoms with Crippen molar-refractivity contribution in [1.29, 1.82) is 0 Å². The molecule has 0 bridgehead atoms. The molecule has 0 aliphatic heterocycles. The van der Waals surface area contributed by atoms with Crippen molar-refractivity contribution in [1.82, 2.24) is 9.13 Å². The smallest absolute Gasteiger partial charge is 0.340 e. The monoisotopic (exact) mass is 333 g/mol. The summed E-state index contributed by atoms with van der Waals surface area (Å²) < 4.78 is 7.44. The van der Waals surface area contributed by atoms with Gasteiger partial charge < -0.3 is 15.2 Å². The van der Waals surface area contributed by atoms with E-state index in [9.17, 15) is 14.4 Å². The van der Waals surface area contributed by atoms with Crippen LogP contribution in [0, 0.1) is 0 Å². The van der Waals surface area contributed by atoms with Gasteiger partial charge in [-0.1, -0.05) is 12.1 Å². The summed E-state index contributed by atoms with van der Waals surface area (Å²) >= 11 is 0. The molecule has 0 amide bonds. The van der Waals surface area contributed by atoms with Gasteiger partial charge in [-0.2, -0.15) is 0 Å². The fourth-order valence-corrected chi connectivity index (χ4v) is 2.14. The van der Waals surface area contributed by atoms with Gasteiger partial charge in [0.15, 0.2) is 0 Å². The van der Waals surface area contributed by atoms with E-state index in [1.54, 1.807) is 24.3 Å². The highest BCUT2D eigenvalue weighted by Gasteiger charge is 2.14. The minimum absolute atomic E-state index is 0.0706. The molecule has 0 spiro atoms. The Kier molecular flexibility index (Phi) is 5.54. The van der Waals surface area contributed by atoms with Crippen LogP contribution in [0.1, 0.15) is 16.1 Å². The lowest BCUT2D eigenvalue weighted by atomic mass is 10.2. The minimum Gasteiger partial charge on any atom is -0.456 e. The van der Waals surface area contributed by atoms with Gasteiger partial charge in [0.25, 0.3) is 5.56 Å². The Labute approximate surface area is 137 Å². The van der Waals surface area contributed by atoms with Crippen LogP contribution in [0.3, 0.4) is 0 Å². The highest BCUT2D eigenvalue weighted by atomic mass is 16.5. The molecule has 8 nitrogen and oxygen atoms in total. The molecule has 2 aromatic rings. The maximum Gasteiger partial charge on any atom is 0.340 e. The van der Waals surface area contributed by atoms with Gasteiger partial charge in [0.2, 0.25) is 0 Å². The summed E-state index contributed by atoms with van der Waals surface area (Å²) in [5.41, 5.74) is 0.194. The van der Waals surface area contributed by atoms with Crippen molar-refractivity contribution >= 4 is 11.7 Å². The number of hydrogen-bond acceptors (Lipinski definition) is 6. The van der Waals surface area contributed by atoms with Gasteiger partial charge in [-0.05, 0) is 12.1 Å². The Bertz CT molecular complexity index is 854. The molecule has 0 radical (unpaired) electrons. The van der Waals surface area contributed by atoms with Crippen LogP contribution in [0.15, 0.2) is 39.9 Å². The largest absolute Gasteiger partial charge is 0.456 e. The fourth-order valence-electron chi connectivity index (χ4n) is 2.14. The second-order valence-corrected chi connectivity index (χ2v) is 5.15. The van der Waals surface area contributed by atoms with E-state index in [0.29, 0.717) is 23.5 Å². The molecule has 0 saturated carbocycles. The fraction of sp³-hybridized carbons (Fsp3) is 0.312. The molecule has 2 N–H and O–H groups in total. The summed E-state index contributed by atoms with van der Waals surface area (Å²) in [4.78, 5) is 35.8. The van der Waals surface area contributed by atoms with Gasteiger partial charge in [0, 0.05) is 32.4 Å². The predicted molar refractivity (Wildman–Crippen MR) is 88.1 cm³/mol. The summed E-state index contributed by atoms with van der Waals surface area (Å²) in [5.74, 6) is -0.593. The topological polar surface area (TPSA) is 103 Å². The van der Waals surface area contributed by atoms with Gasteiger partial charge in [0.1, 0.15) is 6.61 Å². The molecule has 1 aromatic heterocycles. The Morgan fingerprint density at radius 3 is 2.62 bits per heavy atom. The number of aromatic nitrogens is 2. The summed E-state index contributed by atoms with van der Waals surface area (Å²) in [6.07, 6.45) is 0. The number of ether oxygens (including phenoxy) is 1. The molecule has 24 heavy (non-hydrogen) atoms. The molecular weight excluding hydrogens is 314 g/mol. The Morgan fingerprint density at radius 1 is 1.21 bits per heavy atom. The second kappa shape index (κ2) is 7.60. The van der Waals surface area contributed by atoms with Gasteiger partial charge >= 0.3 is 11.7 Å². The van der Waals surface area contributed by atoms with Gasteiger partial charge in [0.05, 0.1) is 17.9 Å². The number of carbonyl (C=O) groups is 1. The van der Waals surface area contributed by atoms with E-state index < -0.39 is 17.2 Å². The summed E-state index contributed by atoms with van der Waals surface area (Å²) in [7, 11) is 2.88. The maximum absolute atomic E-state index is 12.3. The number of nitrogens with one attached hydrogen (secondary N) is 1. The number of esters is 1. The SMILES string of the molecule is Cn1c(COC(=O)c2ccccc2NCCO)cc(=O)n(C)c1=O. The van der Waals surface area contributed by atoms with Crippen LogP contribution < -0.4 is 16.6 Å². The first-order chi connectivity index (χ1) is 11.5. The molecule has 0 aliphatic carbocycles. The van der Waals surface area contributed by atoms with E-state index in [1.165, 1.54) is 24.7 Å². The molecule has 0 aliphatic rings. The molecule has 8 heteroatoms. The zero-order valence-electron chi connectivity index (χ0n) is 13.5. The van der Waals surface area contributed by atoms with E-state index in [0.717, 1.165) is 4.57 Å². The number of rotatable bonds is 6. The molecular formula is C16H19N3O5. The van der Waals surface area contributed by atoms with Crippen LogP contribution in [0.4, 0.5) is 5.69 Å². The molecule has 0 fully saturated rings.